The number of hydrogen-bond acceptors (Lipinski definition) is 5. The Kier molecular flexibility index (Phi) is 4.23. The van der Waals surface area contributed by atoms with Crippen LogP contribution in [-0.4, -0.2) is 34.1 Å². The number of carbonyl (C=O) groups is 3. The summed E-state index contributed by atoms with van der Waals surface area (Å²) in [4.78, 5) is 40.2. The Morgan fingerprint density at radius 1 is 1.35 bits per heavy atom. The fraction of sp³-hybridized carbons (Fsp3) is 0.643. The van der Waals surface area contributed by atoms with Crippen LogP contribution in [0.4, 0.5) is 0 Å². The predicted molar refractivity (Wildman–Crippen MR) is 68.9 cm³/mol. The first-order chi connectivity index (χ1) is 9.42. The van der Waals surface area contributed by atoms with Crippen molar-refractivity contribution in [2.75, 3.05) is 0 Å². The smallest absolute Gasteiger partial charge is 0.339 e. The van der Waals surface area contributed by atoms with E-state index in [4.69, 9.17) is 4.84 Å². The largest absolute Gasteiger partial charge is 0.389 e. The summed E-state index contributed by atoms with van der Waals surface area (Å²) < 4.78 is 0. The lowest BCUT2D eigenvalue weighted by molar-refractivity contribution is -0.205. The number of amides is 2. The van der Waals surface area contributed by atoms with Crippen molar-refractivity contribution in [3.63, 3.8) is 0 Å². The van der Waals surface area contributed by atoms with Crippen LogP contribution in [0.3, 0.4) is 0 Å². The molecule has 2 atom stereocenters. The van der Waals surface area contributed by atoms with E-state index in [1.54, 1.807) is 13.0 Å². The van der Waals surface area contributed by atoms with Crippen LogP contribution in [0, 0.1) is 5.41 Å². The van der Waals surface area contributed by atoms with E-state index >= 15 is 0 Å². The van der Waals surface area contributed by atoms with Gasteiger partial charge in [0.05, 0.1) is 11.5 Å². The van der Waals surface area contributed by atoms with Gasteiger partial charge in [-0.15, -0.1) is 5.06 Å². The van der Waals surface area contributed by atoms with E-state index in [9.17, 15) is 19.5 Å². The third-order valence-corrected chi connectivity index (χ3v) is 3.89. The summed E-state index contributed by atoms with van der Waals surface area (Å²) in [5.74, 6) is -1.53. The maximum atomic E-state index is 12.3. The van der Waals surface area contributed by atoms with Crippen LogP contribution in [0.2, 0.25) is 0 Å². The van der Waals surface area contributed by atoms with Crippen molar-refractivity contribution in [3.8, 4) is 0 Å². The summed E-state index contributed by atoms with van der Waals surface area (Å²) in [6.45, 7) is 1.74. The quantitative estimate of drug-likeness (QED) is 0.605. The lowest BCUT2D eigenvalue weighted by Gasteiger charge is -2.29. The van der Waals surface area contributed by atoms with Crippen molar-refractivity contribution in [2.24, 2.45) is 5.41 Å². The number of hydroxylamine groups is 2. The Morgan fingerprint density at radius 2 is 2.00 bits per heavy atom. The van der Waals surface area contributed by atoms with Gasteiger partial charge in [-0.1, -0.05) is 12.2 Å². The van der Waals surface area contributed by atoms with Crippen LogP contribution < -0.4 is 0 Å². The van der Waals surface area contributed by atoms with E-state index < -0.39 is 29.3 Å². The molecule has 0 unspecified atom stereocenters. The van der Waals surface area contributed by atoms with E-state index in [-0.39, 0.29) is 12.8 Å². The molecule has 0 radical (unpaired) electrons. The number of rotatable bonds is 2. The zero-order valence-corrected chi connectivity index (χ0v) is 11.5. The van der Waals surface area contributed by atoms with Crippen molar-refractivity contribution in [1.29, 1.82) is 0 Å². The predicted octanol–water partition coefficient (Wildman–Crippen LogP) is 1.09. The molecule has 1 saturated heterocycles. The van der Waals surface area contributed by atoms with Crippen molar-refractivity contribution < 1.29 is 24.3 Å². The second-order valence-corrected chi connectivity index (χ2v) is 5.59. The second kappa shape index (κ2) is 5.75. The van der Waals surface area contributed by atoms with Crippen molar-refractivity contribution in [2.45, 2.75) is 51.6 Å². The summed E-state index contributed by atoms with van der Waals surface area (Å²) in [5, 5.41) is 10.2. The molecule has 20 heavy (non-hydrogen) atoms. The maximum Gasteiger partial charge on any atom is 0.339 e. The molecule has 6 nitrogen and oxygen atoms in total. The monoisotopic (exact) mass is 281 g/mol. The number of allylic oxidation sites excluding steroid dienone is 1. The number of carbonyl (C=O) groups excluding carboxylic acids is 3. The zero-order valence-electron chi connectivity index (χ0n) is 11.5. The minimum absolute atomic E-state index is 0.0876. The standard InChI is InChI=1S/C14H19NO5/c1-14(8-3-2-4-10(16)7-9-14)13(19)20-15-11(17)5-6-12(15)18/h2,4,10,16H,3,5-9H2,1H3/b4-2+/t10-,14+/m1/s1. The second-order valence-electron chi connectivity index (χ2n) is 5.59. The van der Waals surface area contributed by atoms with E-state index in [1.807, 2.05) is 6.08 Å². The topological polar surface area (TPSA) is 83.9 Å². The van der Waals surface area contributed by atoms with Crippen molar-refractivity contribution >= 4 is 17.8 Å². The van der Waals surface area contributed by atoms with Gasteiger partial charge in [-0.3, -0.25) is 9.59 Å². The minimum Gasteiger partial charge on any atom is -0.389 e. The molecule has 0 aromatic carbocycles. The lowest BCUT2D eigenvalue weighted by Crippen LogP contribution is -2.39. The Bertz CT molecular complexity index is 442. The first-order valence-corrected chi connectivity index (χ1v) is 6.85. The summed E-state index contributed by atoms with van der Waals surface area (Å²) in [6.07, 6.45) is 5.26. The molecule has 0 aromatic rings. The number of imide groups is 1. The number of nitrogens with zero attached hydrogens (tertiary/aromatic N) is 1. The average molecular weight is 281 g/mol. The molecule has 0 bridgehead atoms. The lowest BCUT2D eigenvalue weighted by atomic mass is 9.79. The molecule has 2 rings (SSSR count). The third kappa shape index (κ3) is 3.07. The van der Waals surface area contributed by atoms with E-state index in [0.717, 1.165) is 0 Å². The zero-order chi connectivity index (χ0) is 14.8. The van der Waals surface area contributed by atoms with Crippen LogP contribution in [0.5, 0.6) is 0 Å². The Hall–Kier alpha value is -1.69. The van der Waals surface area contributed by atoms with Gasteiger partial charge in [-0.2, -0.15) is 0 Å². The minimum atomic E-state index is -0.797. The molecule has 2 amide bonds. The third-order valence-electron chi connectivity index (χ3n) is 3.89. The molecule has 1 N–H and O–H groups in total. The molecule has 1 aliphatic heterocycles. The first-order valence-electron chi connectivity index (χ1n) is 6.85. The van der Waals surface area contributed by atoms with E-state index in [1.165, 1.54) is 0 Å². The van der Waals surface area contributed by atoms with Crippen LogP contribution in [-0.2, 0) is 19.2 Å². The molecule has 1 fully saturated rings. The average Bonchev–Trinajstić information content (AvgIpc) is 2.71. The SMILES string of the molecule is C[C@]1(C(=O)ON2C(=O)CCC2=O)CC/C=C/[C@@H](O)CC1. The molecular formula is C14H19NO5. The normalized spacial score (nSPS) is 32.7. The summed E-state index contributed by atoms with van der Waals surface area (Å²) >= 11 is 0. The summed E-state index contributed by atoms with van der Waals surface area (Å²) in [7, 11) is 0. The number of hydrogen-bond donors (Lipinski definition) is 1. The molecule has 6 heteroatoms. The van der Waals surface area contributed by atoms with Gasteiger partial charge in [-0.25, -0.2) is 4.79 Å². The molecule has 0 spiro atoms. The van der Waals surface area contributed by atoms with E-state index in [2.05, 4.69) is 0 Å². The highest BCUT2D eigenvalue weighted by Gasteiger charge is 2.40. The molecule has 0 saturated carbocycles. The summed E-state index contributed by atoms with van der Waals surface area (Å²) in [5.41, 5.74) is -0.797. The van der Waals surface area contributed by atoms with Crippen LogP contribution in [0.25, 0.3) is 0 Å². The molecule has 0 aromatic heterocycles. The molecule has 2 aliphatic rings. The highest BCUT2D eigenvalue weighted by Crippen LogP contribution is 2.34. The van der Waals surface area contributed by atoms with Gasteiger partial charge in [-0.05, 0) is 32.6 Å². The van der Waals surface area contributed by atoms with E-state index in [0.29, 0.717) is 30.7 Å². The van der Waals surface area contributed by atoms with Gasteiger partial charge in [0.2, 0.25) is 0 Å². The molecule has 1 aliphatic carbocycles. The fourth-order valence-corrected chi connectivity index (χ4v) is 2.40. The molecule has 1 heterocycles. The molecular weight excluding hydrogens is 262 g/mol. The number of aliphatic hydroxyl groups excluding tert-OH is 1. The first kappa shape index (κ1) is 14.7. The molecule has 110 valence electrons. The Balaban J connectivity index is 2.04. The van der Waals surface area contributed by atoms with Crippen molar-refractivity contribution in [3.05, 3.63) is 12.2 Å². The maximum absolute atomic E-state index is 12.3. The van der Waals surface area contributed by atoms with Gasteiger partial charge >= 0.3 is 5.97 Å². The van der Waals surface area contributed by atoms with Crippen LogP contribution >= 0.6 is 0 Å². The van der Waals surface area contributed by atoms with Crippen LogP contribution in [0.15, 0.2) is 12.2 Å². The highest BCUT2D eigenvalue weighted by atomic mass is 16.7. The van der Waals surface area contributed by atoms with Gasteiger partial charge < -0.3 is 9.94 Å². The van der Waals surface area contributed by atoms with Crippen molar-refractivity contribution in [1.82, 2.24) is 5.06 Å². The Labute approximate surface area is 117 Å². The summed E-state index contributed by atoms with van der Waals surface area (Å²) in [6, 6.07) is 0. The van der Waals surface area contributed by atoms with Gasteiger partial charge in [0.15, 0.2) is 0 Å². The number of aliphatic hydroxyl groups is 1. The van der Waals surface area contributed by atoms with Gasteiger partial charge in [0.25, 0.3) is 11.8 Å². The van der Waals surface area contributed by atoms with Crippen LogP contribution in [0.1, 0.15) is 45.4 Å². The Morgan fingerprint density at radius 3 is 2.65 bits per heavy atom. The van der Waals surface area contributed by atoms with Gasteiger partial charge in [0.1, 0.15) is 0 Å². The van der Waals surface area contributed by atoms with Gasteiger partial charge in [0, 0.05) is 12.8 Å². The fourth-order valence-electron chi connectivity index (χ4n) is 2.40. The highest BCUT2D eigenvalue weighted by molar-refractivity contribution is 6.01.